The molecular weight excluding hydrogens is 268 g/mol. The Kier molecular flexibility index (Phi) is 6.69. The van der Waals surface area contributed by atoms with E-state index in [2.05, 4.69) is 4.74 Å². The van der Waals surface area contributed by atoms with Crippen LogP contribution in [-0.2, 0) is 14.3 Å². The van der Waals surface area contributed by atoms with Crippen LogP contribution in [0, 0.1) is 11.3 Å². The molecule has 0 N–H and O–H groups in total. The van der Waals surface area contributed by atoms with Crippen LogP contribution in [0.25, 0.3) is 6.08 Å². The van der Waals surface area contributed by atoms with Crippen LogP contribution in [0.3, 0.4) is 0 Å². The molecular formula is C16H18N2O3. The number of rotatable bonds is 6. The second kappa shape index (κ2) is 8.54. The number of esters is 1. The lowest BCUT2D eigenvalue weighted by atomic mass is 10.1. The lowest BCUT2D eigenvalue weighted by Gasteiger charge is -2.18. The summed E-state index contributed by atoms with van der Waals surface area (Å²) in [5, 5.41) is 8.82. The first-order valence-corrected chi connectivity index (χ1v) is 6.64. The van der Waals surface area contributed by atoms with Crippen molar-refractivity contribution in [3.05, 3.63) is 41.5 Å². The molecule has 5 nitrogen and oxygen atoms in total. The summed E-state index contributed by atoms with van der Waals surface area (Å²) in [6.07, 6.45) is 3.78. The molecule has 0 radical (unpaired) electrons. The molecule has 1 rings (SSSR count). The minimum Gasteiger partial charge on any atom is -0.468 e. The summed E-state index contributed by atoms with van der Waals surface area (Å²) in [6.45, 7) is 2.35. The van der Waals surface area contributed by atoms with E-state index in [1.54, 1.807) is 30.3 Å². The molecule has 0 saturated carbocycles. The summed E-state index contributed by atoms with van der Waals surface area (Å²) in [5.74, 6) is -0.707. The van der Waals surface area contributed by atoms with Gasteiger partial charge < -0.3 is 9.64 Å². The fraction of sp³-hybridized carbons (Fsp3) is 0.312. The van der Waals surface area contributed by atoms with Gasteiger partial charge in [-0.1, -0.05) is 19.1 Å². The van der Waals surface area contributed by atoms with Gasteiger partial charge in [-0.2, -0.15) is 5.26 Å². The standard InChI is InChI=1S/C16H18N2O3/c1-3-9-18(12-16(20)21-2)15(19)8-7-13-5-4-6-14(10-13)11-17/h4-8,10H,3,9,12H2,1-2H3. The van der Waals surface area contributed by atoms with E-state index >= 15 is 0 Å². The highest BCUT2D eigenvalue weighted by Gasteiger charge is 2.14. The summed E-state index contributed by atoms with van der Waals surface area (Å²) < 4.78 is 4.58. The Morgan fingerprint density at radius 1 is 1.43 bits per heavy atom. The predicted octanol–water partition coefficient (Wildman–Crippen LogP) is 1.98. The highest BCUT2D eigenvalue weighted by Crippen LogP contribution is 2.07. The van der Waals surface area contributed by atoms with Gasteiger partial charge in [-0.3, -0.25) is 9.59 Å². The Morgan fingerprint density at radius 2 is 2.19 bits per heavy atom. The number of carbonyl (C=O) groups excluding carboxylic acids is 2. The molecule has 0 saturated heterocycles. The smallest absolute Gasteiger partial charge is 0.325 e. The highest BCUT2D eigenvalue weighted by atomic mass is 16.5. The van der Waals surface area contributed by atoms with Crippen molar-refractivity contribution in [1.29, 1.82) is 5.26 Å². The third-order valence-electron chi connectivity index (χ3n) is 2.79. The lowest BCUT2D eigenvalue weighted by Crippen LogP contribution is -2.35. The van der Waals surface area contributed by atoms with Crippen molar-refractivity contribution in [3.63, 3.8) is 0 Å². The molecule has 0 unspecified atom stereocenters. The van der Waals surface area contributed by atoms with Gasteiger partial charge in [0.05, 0.1) is 18.7 Å². The van der Waals surface area contributed by atoms with E-state index in [-0.39, 0.29) is 12.5 Å². The number of hydrogen-bond acceptors (Lipinski definition) is 4. The van der Waals surface area contributed by atoms with Gasteiger partial charge in [0.1, 0.15) is 6.54 Å². The summed E-state index contributed by atoms with van der Waals surface area (Å²) in [5.41, 5.74) is 1.29. The number of nitriles is 1. The lowest BCUT2D eigenvalue weighted by molar-refractivity contribution is -0.145. The quantitative estimate of drug-likeness (QED) is 0.592. The summed E-state index contributed by atoms with van der Waals surface area (Å²) in [6, 6.07) is 8.98. The van der Waals surface area contributed by atoms with Crippen LogP contribution in [0.4, 0.5) is 0 Å². The zero-order valence-electron chi connectivity index (χ0n) is 12.2. The summed E-state index contributed by atoms with van der Waals surface area (Å²) >= 11 is 0. The van der Waals surface area contributed by atoms with Crippen LogP contribution in [0.1, 0.15) is 24.5 Å². The van der Waals surface area contributed by atoms with Crippen LogP contribution < -0.4 is 0 Å². The molecule has 21 heavy (non-hydrogen) atoms. The zero-order chi connectivity index (χ0) is 15.7. The summed E-state index contributed by atoms with van der Waals surface area (Å²) in [7, 11) is 1.29. The molecule has 0 atom stereocenters. The van der Waals surface area contributed by atoms with Crippen LogP contribution in [-0.4, -0.2) is 37.0 Å². The molecule has 0 heterocycles. The Bertz CT molecular complexity index is 573. The van der Waals surface area contributed by atoms with Gasteiger partial charge in [-0.05, 0) is 30.2 Å². The van der Waals surface area contributed by atoms with Crippen molar-refractivity contribution in [2.24, 2.45) is 0 Å². The van der Waals surface area contributed by atoms with Crippen LogP contribution >= 0.6 is 0 Å². The predicted molar refractivity (Wildman–Crippen MR) is 79.1 cm³/mol. The molecule has 1 aromatic rings. The van der Waals surface area contributed by atoms with E-state index in [0.29, 0.717) is 12.1 Å². The molecule has 0 aliphatic rings. The number of ether oxygens (including phenoxy) is 1. The molecule has 0 aliphatic carbocycles. The largest absolute Gasteiger partial charge is 0.468 e. The maximum absolute atomic E-state index is 12.1. The second-order valence-electron chi connectivity index (χ2n) is 4.41. The van der Waals surface area contributed by atoms with Gasteiger partial charge in [0.2, 0.25) is 5.91 Å². The molecule has 110 valence electrons. The Morgan fingerprint density at radius 3 is 2.81 bits per heavy atom. The zero-order valence-corrected chi connectivity index (χ0v) is 12.2. The first-order chi connectivity index (χ1) is 10.1. The number of benzene rings is 1. The maximum atomic E-state index is 12.1. The van der Waals surface area contributed by atoms with Gasteiger partial charge in [0, 0.05) is 12.6 Å². The van der Waals surface area contributed by atoms with E-state index in [9.17, 15) is 9.59 Å². The molecule has 0 aliphatic heterocycles. The third kappa shape index (κ3) is 5.49. The fourth-order valence-electron chi connectivity index (χ4n) is 1.74. The molecule has 0 fully saturated rings. The Labute approximate surface area is 124 Å². The van der Waals surface area contributed by atoms with Gasteiger partial charge >= 0.3 is 5.97 Å². The number of hydrogen-bond donors (Lipinski definition) is 0. The van der Waals surface area contributed by atoms with Crippen molar-refractivity contribution >= 4 is 18.0 Å². The van der Waals surface area contributed by atoms with Crippen molar-refractivity contribution in [3.8, 4) is 6.07 Å². The van der Waals surface area contributed by atoms with Crippen LogP contribution in [0.5, 0.6) is 0 Å². The van der Waals surface area contributed by atoms with E-state index in [1.165, 1.54) is 18.1 Å². The summed E-state index contributed by atoms with van der Waals surface area (Å²) in [4.78, 5) is 24.8. The van der Waals surface area contributed by atoms with Crippen molar-refractivity contribution in [2.45, 2.75) is 13.3 Å². The number of methoxy groups -OCH3 is 1. The first-order valence-electron chi connectivity index (χ1n) is 6.64. The Balaban J connectivity index is 2.77. The van der Waals surface area contributed by atoms with Gasteiger partial charge in [0.15, 0.2) is 0 Å². The average molecular weight is 286 g/mol. The van der Waals surface area contributed by atoms with Crippen molar-refractivity contribution < 1.29 is 14.3 Å². The molecule has 1 aromatic carbocycles. The topological polar surface area (TPSA) is 70.4 Å². The van der Waals surface area contributed by atoms with Crippen molar-refractivity contribution in [2.75, 3.05) is 20.2 Å². The minimum atomic E-state index is -0.448. The first kappa shape index (κ1) is 16.4. The minimum absolute atomic E-state index is 0.0637. The molecule has 1 amide bonds. The van der Waals surface area contributed by atoms with Crippen molar-refractivity contribution in [1.82, 2.24) is 4.90 Å². The van der Waals surface area contributed by atoms with Crippen LogP contribution in [0.2, 0.25) is 0 Å². The van der Waals surface area contributed by atoms with E-state index in [0.717, 1.165) is 12.0 Å². The van der Waals surface area contributed by atoms with E-state index in [4.69, 9.17) is 5.26 Å². The second-order valence-corrected chi connectivity index (χ2v) is 4.41. The molecule has 0 bridgehead atoms. The monoisotopic (exact) mass is 286 g/mol. The van der Waals surface area contributed by atoms with Gasteiger partial charge in [-0.15, -0.1) is 0 Å². The average Bonchev–Trinajstić information content (AvgIpc) is 2.52. The van der Waals surface area contributed by atoms with Crippen LogP contribution in [0.15, 0.2) is 30.3 Å². The van der Waals surface area contributed by atoms with Gasteiger partial charge in [0.25, 0.3) is 0 Å². The third-order valence-corrected chi connectivity index (χ3v) is 2.79. The number of nitrogens with zero attached hydrogens (tertiary/aromatic N) is 2. The van der Waals surface area contributed by atoms with E-state index < -0.39 is 5.97 Å². The number of carbonyl (C=O) groups is 2. The highest BCUT2D eigenvalue weighted by molar-refractivity contribution is 5.93. The van der Waals surface area contributed by atoms with Gasteiger partial charge in [-0.25, -0.2) is 0 Å². The fourth-order valence-corrected chi connectivity index (χ4v) is 1.74. The molecule has 0 spiro atoms. The maximum Gasteiger partial charge on any atom is 0.325 e. The number of amides is 1. The SMILES string of the molecule is CCCN(CC(=O)OC)C(=O)C=Cc1cccc(C#N)c1. The van der Waals surface area contributed by atoms with E-state index in [1.807, 2.05) is 13.0 Å². The molecule has 5 heteroatoms. The molecule has 0 aromatic heterocycles. The normalized spacial score (nSPS) is 10.1. The Hall–Kier alpha value is -2.61.